The molecule has 2 aromatic carbocycles. The average molecular weight is 344 g/mol. The molecule has 1 amide bonds. The summed E-state index contributed by atoms with van der Waals surface area (Å²) in [5, 5.41) is 0. The summed E-state index contributed by atoms with van der Waals surface area (Å²) >= 11 is 0. The predicted molar refractivity (Wildman–Crippen MR) is 90.8 cm³/mol. The summed E-state index contributed by atoms with van der Waals surface area (Å²) < 4.78 is 18.4. The molecule has 0 aromatic heterocycles. The molecule has 6 heteroatoms. The number of hydroxylamine groups is 1. The van der Waals surface area contributed by atoms with Crippen LogP contribution in [0.15, 0.2) is 54.6 Å². The Bertz CT molecular complexity index is 679. The Balaban J connectivity index is 1.44. The van der Waals surface area contributed by atoms with Gasteiger partial charge in [-0.2, -0.15) is 0 Å². The molecular formula is C19H21FN2O3. The minimum Gasteiger partial charge on any atom is -0.366 e. The second-order valence-corrected chi connectivity index (χ2v) is 5.96. The van der Waals surface area contributed by atoms with E-state index in [2.05, 4.69) is 22.5 Å². The number of morpholine rings is 1. The Labute approximate surface area is 146 Å². The Morgan fingerprint density at radius 3 is 2.68 bits per heavy atom. The second-order valence-electron chi connectivity index (χ2n) is 5.96. The van der Waals surface area contributed by atoms with E-state index < -0.39 is 6.10 Å². The van der Waals surface area contributed by atoms with Gasteiger partial charge < -0.3 is 4.74 Å². The van der Waals surface area contributed by atoms with Crippen molar-refractivity contribution in [1.29, 1.82) is 0 Å². The van der Waals surface area contributed by atoms with Crippen LogP contribution in [-0.4, -0.2) is 36.6 Å². The maximum Gasteiger partial charge on any atom is 0.273 e. The van der Waals surface area contributed by atoms with Crippen LogP contribution in [0.25, 0.3) is 0 Å². The fraction of sp³-hybridized carbons (Fsp3) is 0.316. The Hall–Kier alpha value is -2.28. The third-order valence-electron chi connectivity index (χ3n) is 4.02. The summed E-state index contributed by atoms with van der Waals surface area (Å²) in [6.07, 6.45) is -0.564. The van der Waals surface area contributed by atoms with E-state index in [-0.39, 0.29) is 18.3 Å². The van der Waals surface area contributed by atoms with E-state index in [0.717, 1.165) is 18.7 Å². The standard InChI is InChI=1S/C19H21FN2O3/c20-17-8-6-16(7-9-17)14-25-21-19(23)18-13-22(10-11-24-18)12-15-4-2-1-3-5-15/h1-9,18H,10-14H2,(H,21,23). The highest BCUT2D eigenvalue weighted by molar-refractivity contribution is 5.80. The highest BCUT2D eigenvalue weighted by Gasteiger charge is 2.26. The summed E-state index contributed by atoms with van der Waals surface area (Å²) in [5.41, 5.74) is 4.40. The lowest BCUT2D eigenvalue weighted by atomic mass is 10.2. The molecular weight excluding hydrogens is 323 g/mol. The van der Waals surface area contributed by atoms with Crippen LogP contribution < -0.4 is 5.48 Å². The van der Waals surface area contributed by atoms with Gasteiger partial charge in [0, 0.05) is 19.6 Å². The van der Waals surface area contributed by atoms with Crippen molar-refractivity contribution in [2.75, 3.05) is 19.7 Å². The molecule has 0 bridgehead atoms. The van der Waals surface area contributed by atoms with Crippen molar-refractivity contribution < 1.29 is 18.8 Å². The molecule has 1 N–H and O–H groups in total. The number of hydrogen-bond acceptors (Lipinski definition) is 4. The van der Waals surface area contributed by atoms with Gasteiger partial charge in [0.1, 0.15) is 5.82 Å². The monoisotopic (exact) mass is 344 g/mol. The van der Waals surface area contributed by atoms with Crippen molar-refractivity contribution in [3.05, 3.63) is 71.5 Å². The molecule has 1 fully saturated rings. The minimum absolute atomic E-state index is 0.173. The third-order valence-corrected chi connectivity index (χ3v) is 4.02. The first-order chi connectivity index (χ1) is 12.2. The smallest absolute Gasteiger partial charge is 0.273 e. The lowest BCUT2D eigenvalue weighted by Gasteiger charge is -2.32. The van der Waals surface area contributed by atoms with Gasteiger partial charge >= 0.3 is 0 Å². The summed E-state index contributed by atoms with van der Waals surface area (Å²) in [7, 11) is 0. The molecule has 1 aliphatic rings. The van der Waals surface area contributed by atoms with Crippen molar-refractivity contribution >= 4 is 5.91 Å². The highest BCUT2D eigenvalue weighted by Crippen LogP contribution is 2.11. The van der Waals surface area contributed by atoms with Crippen LogP contribution in [0.5, 0.6) is 0 Å². The predicted octanol–water partition coefficient (Wildman–Crippen LogP) is 2.27. The van der Waals surface area contributed by atoms with Crippen molar-refractivity contribution in [2.45, 2.75) is 19.3 Å². The summed E-state index contributed by atoms with van der Waals surface area (Å²) in [4.78, 5) is 19.6. The van der Waals surface area contributed by atoms with Crippen LogP contribution in [0.4, 0.5) is 4.39 Å². The van der Waals surface area contributed by atoms with Crippen LogP contribution in [0, 0.1) is 5.82 Å². The van der Waals surface area contributed by atoms with Gasteiger partial charge in [-0.25, -0.2) is 9.87 Å². The number of nitrogens with one attached hydrogen (secondary N) is 1. The van der Waals surface area contributed by atoms with Gasteiger partial charge in [-0.15, -0.1) is 0 Å². The number of halogens is 1. The van der Waals surface area contributed by atoms with Crippen molar-refractivity contribution in [1.82, 2.24) is 10.4 Å². The van der Waals surface area contributed by atoms with Crippen LogP contribution in [0.3, 0.4) is 0 Å². The number of carbonyl (C=O) groups excluding carboxylic acids is 1. The van der Waals surface area contributed by atoms with Gasteiger partial charge in [-0.1, -0.05) is 42.5 Å². The van der Waals surface area contributed by atoms with Gasteiger partial charge in [-0.3, -0.25) is 14.5 Å². The van der Waals surface area contributed by atoms with E-state index >= 15 is 0 Å². The quantitative estimate of drug-likeness (QED) is 0.817. The molecule has 1 heterocycles. The minimum atomic E-state index is -0.564. The maximum atomic E-state index is 12.8. The van der Waals surface area contributed by atoms with Crippen LogP contribution in [0.1, 0.15) is 11.1 Å². The molecule has 25 heavy (non-hydrogen) atoms. The largest absolute Gasteiger partial charge is 0.366 e. The number of benzene rings is 2. The Morgan fingerprint density at radius 1 is 1.16 bits per heavy atom. The van der Waals surface area contributed by atoms with Crippen molar-refractivity contribution in [3.8, 4) is 0 Å². The normalized spacial score (nSPS) is 18.0. The van der Waals surface area contributed by atoms with Gasteiger partial charge in [-0.05, 0) is 23.3 Å². The number of nitrogens with zero attached hydrogens (tertiary/aromatic N) is 1. The van der Waals surface area contributed by atoms with Crippen LogP contribution in [0.2, 0.25) is 0 Å². The molecule has 3 rings (SSSR count). The zero-order chi connectivity index (χ0) is 17.5. The van der Waals surface area contributed by atoms with Crippen molar-refractivity contribution in [2.24, 2.45) is 0 Å². The number of rotatable bonds is 6. The lowest BCUT2D eigenvalue weighted by Crippen LogP contribution is -2.49. The highest BCUT2D eigenvalue weighted by atomic mass is 19.1. The molecule has 0 saturated carbocycles. The molecule has 1 saturated heterocycles. The van der Waals surface area contributed by atoms with Crippen molar-refractivity contribution in [3.63, 3.8) is 0 Å². The summed E-state index contributed by atoms with van der Waals surface area (Å²) in [6, 6.07) is 16.1. The Kier molecular flexibility index (Phi) is 6.11. The third kappa shape index (κ3) is 5.35. The van der Waals surface area contributed by atoms with Gasteiger partial charge in [0.2, 0.25) is 0 Å². The Morgan fingerprint density at radius 2 is 1.92 bits per heavy atom. The molecule has 0 radical (unpaired) electrons. The first kappa shape index (κ1) is 17.5. The zero-order valence-corrected chi connectivity index (χ0v) is 13.9. The fourth-order valence-corrected chi connectivity index (χ4v) is 2.68. The van der Waals surface area contributed by atoms with E-state index in [1.165, 1.54) is 17.7 Å². The topological polar surface area (TPSA) is 50.8 Å². The second kappa shape index (κ2) is 8.71. The molecule has 5 nitrogen and oxygen atoms in total. The SMILES string of the molecule is O=C(NOCc1ccc(F)cc1)C1CN(Cc2ccccc2)CCO1. The van der Waals surface area contributed by atoms with E-state index in [9.17, 15) is 9.18 Å². The van der Waals surface area contributed by atoms with E-state index in [1.54, 1.807) is 12.1 Å². The van der Waals surface area contributed by atoms with Crippen LogP contribution in [-0.2, 0) is 27.5 Å². The summed E-state index contributed by atoms with van der Waals surface area (Å²) in [6.45, 7) is 2.76. The lowest BCUT2D eigenvalue weighted by molar-refractivity contribution is -0.152. The van der Waals surface area contributed by atoms with Gasteiger partial charge in [0.15, 0.2) is 6.10 Å². The molecule has 1 atom stereocenters. The first-order valence-corrected chi connectivity index (χ1v) is 8.25. The molecule has 2 aromatic rings. The number of ether oxygens (including phenoxy) is 1. The van der Waals surface area contributed by atoms with Gasteiger partial charge in [0.05, 0.1) is 13.2 Å². The van der Waals surface area contributed by atoms with E-state index in [1.807, 2.05) is 18.2 Å². The van der Waals surface area contributed by atoms with Gasteiger partial charge in [0.25, 0.3) is 5.91 Å². The zero-order valence-electron chi connectivity index (χ0n) is 13.9. The molecule has 132 valence electrons. The number of amides is 1. The fourth-order valence-electron chi connectivity index (χ4n) is 2.68. The van der Waals surface area contributed by atoms with Crippen LogP contribution >= 0.6 is 0 Å². The molecule has 0 spiro atoms. The average Bonchev–Trinajstić information content (AvgIpc) is 2.64. The van der Waals surface area contributed by atoms with E-state index in [0.29, 0.717) is 13.2 Å². The molecule has 1 unspecified atom stereocenters. The molecule has 1 aliphatic heterocycles. The number of hydrogen-bond donors (Lipinski definition) is 1. The summed E-state index contributed by atoms with van der Waals surface area (Å²) in [5.74, 6) is -0.609. The maximum absolute atomic E-state index is 12.8. The number of carbonyl (C=O) groups is 1. The molecule has 0 aliphatic carbocycles. The van der Waals surface area contributed by atoms with E-state index in [4.69, 9.17) is 9.57 Å². The first-order valence-electron chi connectivity index (χ1n) is 8.25.